The molecule has 1 aromatic heterocycles. The maximum atomic E-state index is 4.79. The van der Waals surface area contributed by atoms with Crippen LogP contribution in [0.15, 0.2) is 59.1 Å². The number of rotatable bonds is 6. The maximum absolute atomic E-state index is 4.79. The Morgan fingerprint density at radius 2 is 1.65 bits per heavy atom. The molecule has 0 fully saturated rings. The molecule has 1 N–H and O–H groups in total. The number of aromatic nitrogens is 2. The lowest BCUT2D eigenvalue weighted by Crippen LogP contribution is -1.93. The zero-order valence-corrected chi connectivity index (χ0v) is 14.9. The van der Waals surface area contributed by atoms with Gasteiger partial charge in [-0.2, -0.15) is 0 Å². The van der Waals surface area contributed by atoms with Crippen LogP contribution in [0.4, 0.5) is 0 Å². The molecule has 118 valence electrons. The van der Waals surface area contributed by atoms with Gasteiger partial charge in [0.05, 0.1) is 5.69 Å². The van der Waals surface area contributed by atoms with Crippen molar-refractivity contribution in [3.05, 3.63) is 87.4 Å². The van der Waals surface area contributed by atoms with E-state index in [0.717, 1.165) is 41.7 Å². The number of nitrogens with one attached hydrogen (secondary N) is 1. The SMILES string of the molecule is Cc1[nH]c(CCCc2ccccc2)nc1Cc1ccc(Br)cc1. The molecule has 1 heterocycles. The van der Waals surface area contributed by atoms with Gasteiger partial charge in [0, 0.05) is 23.0 Å². The Hall–Kier alpha value is -1.87. The summed E-state index contributed by atoms with van der Waals surface area (Å²) in [6.07, 6.45) is 4.10. The molecule has 23 heavy (non-hydrogen) atoms. The van der Waals surface area contributed by atoms with Gasteiger partial charge < -0.3 is 4.98 Å². The number of halogens is 1. The van der Waals surface area contributed by atoms with Crippen molar-refractivity contribution < 1.29 is 0 Å². The van der Waals surface area contributed by atoms with E-state index in [1.165, 1.54) is 16.8 Å². The highest BCUT2D eigenvalue weighted by Gasteiger charge is 2.07. The van der Waals surface area contributed by atoms with Crippen LogP contribution in [-0.2, 0) is 19.3 Å². The van der Waals surface area contributed by atoms with Gasteiger partial charge >= 0.3 is 0 Å². The predicted molar refractivity (Wildman–Crippen MR) is 98.7 cm³/mol. The number of aromatic amines is 1. The smallest absolute Gasteiger partial charge is 0.106 e. The van der Waals surface area contributed by atoms with Gasteiger partial charge in [-0.1, -0.05) is 58.4 Å². The van der Waals surface area contributed by atoms with Crippen molar-refractivity contribution >= 4 is 15.9 Å². The lowest BCUT2D eigenvalue weighted by molar-refractivity contribution is 0.779. The van der Waals surface area contributed by atoms with Crippen LogP contribution in [0.1, 0.15) is 34.8 Å². The average molecular weight is 369 g/mol. The minimum absolute atomic E-state index is 0.883. The number of imidazole rings is 1. The van der Waals surface area contributed by atoms with Crippen LogP contribution in [0.2, 0.25) is 0 Å². The van der Waals surface area contributed by atoms with Crippen LogP contribution in [0, 0.1) is 6.92 Å². The number of benzene rings is 2. The third kappa shape index (κ3) is 4.55. The summed E-state index contributed by atoms with van der Waals surface area (Å²) in [5, 5.41) is 0. The summed E-state index contributed by atoms with van der Waals surface area (Å²) in [6.45, 7) is 2.11. The number of hydrogen-bond donors (Lipinski definition) is 1. The molecule has 3 aromatic rings. The van der Waals surface area contributed by atoms with Crippen molar-refractivity contribution in [1.29, 1.82) is 0 Å². The van der Waals surface area contributed by atoms with Crippen LogP contribution in [-0.4, -0.2) is 9.97 Å². The van der Waals surface area contributed by atoms with Crippen molar-refractivity contribution in [2.75, 3.05) is 0 Å². The molecule has 0 radical (unpaired) electrons. The van der Waals surface area contributed by atoms with E-state index in [0.29, 0.717) is 0 Å². The molecule has 0 aliphatic heterocycles. The fraction of sp³-hybridized carbons (Fsp3) is 0.250. The lowest BCUT2D eigenvalue weighted by Gasteiger charge is -2.00. The molecule has 0 atom stereocenters. The molecule has 0 aliphatic rings. The Balaban J connectivity index is 1.58. The molecule has 0 saturated heterocycles. The first-order valence-electron chi connectivity index (χ1n) is 8.03. The first kappa shape index (κ1) is 16.0. The van der Waals surface area contributed by atoms with Crippen LogP contribution < -0.4 is 0 Å². The van der Waals surface area contributed by atoms with Crippen molar-refractivity contribution in [2.24, 2.45) is 0 Å². The summed E-state index contributed by atoms with van der Waals surface area (Å²) < 4.78 is 1.11. The quantitative estimate of drug-likeness (QED) is 0.632. The van der Waals surface area contributed by atoms with Gasteiger partial charge in [0.2, 0.25) is 0 Å². The van der Waals surface area contributed by atoms with Gasteiger partial charge in [0.25, 0.3) is 0 Å². The Kier molecular flexibility index (Phi) is 5.29. The van der Waals surface area contributed by atoms with Gasteiger partial charge in [-0.25, -0.2) is 4.98 Å². The van der Waals surface area contributed by atoms with Crippen molar-refractivity contribution in [2.45, 2.75) is 32.6 Å². The summed E-state index contributed by atoms with van der Waals surface area (Å²) in [7, 11) is 0. The first-order valence-corrected chi connectivity index (χ1v) is 8.83. The molecule has 0 saturated carbocycles. The zero-order valence-electron chi connectivity index (χ0n) is 13.3. The van der Waals surface area contributed by atoms with Crippen LogP contribution in [0.5, 0.6) is 0 Å². The van der Waals surface area contributed by atoms with E-state index in [-0.39, 0.29) is 0 Å². The Morgan fingerprint density at radius 3 is 2.39 bits per heavy atom. The Morgan fingerprint density at radius 1 is 0.913 bits per heavy atom. The standard InChI is InChI=1S/C20H21BrN2/c1-15-19(14-17-10-12-18(21)13-11-17)23-20(22-15)9-5-8-16-6-3-2-4-7-16/h2-4,6-7,10-13H,5,8-9,14H2,1H3,(H,22,23). The van der Waals surface area contributed by atoms with Gasteiger partial charge in [0.15, 0.2) is 0 Å². The summed E-state index contributed by atoms with van der Waals surface area (Å²) in [4.78, 5) is 8.23. The fourth-order valence-electron chi connectivity index (χ4n) is 2.75. The molecule has 3 heteroatoms. The van der Waals surface area contributed by atoms with E-state index in [9.17, 15) is 0 Å². The van der Waals surface area contributed by atoms with Crippen LogP contribution in [0.3, 0.4) is 0 Å². The Labute approximate surface area is 146 Å². The van der Waals surface area contributed by atoms with E-state index in [1.54, 1.807) is 0 Å². The number of H-pyrrole nitrogens is 1. The fourth-order valence-corrected chi connectivity index (χ4v) is 3.02. The van der Waals surface area contributed by atoms with Crippen molar-refractivity contribution in [1.82, 2.24) is 9.97 Å². The molecular formula is C20H21BrN2. The third-order valence-corrected chi connectivity index (χ3v) is 4.57. The molecule has 2 aromatic carbocycles. The molecule has 2 nitrogen and oxygen atoms in total. The molecule has 0 unspecified atom stereocenters. The van der Waals surface area contributed by atoms with Crippen LogP contribution in [0.25, 0.3) is 0 Å². The normalized spacial score (nSPS) is 10.9. The number of nitrogens with zero attached hydrogens (tertiary/aromatic N) is 1. The van der Waals surface area contributed by atoms with Gasteiger partial charge in [-0.15, -0.1) is 0 Å². The van der Waals surface area contributed by atoms with E-state index in [1.807, 2.05) is 0 Å². The highest BCUT2D eigenvalue weighted by Crippen LogP contribution is 2.16. The highest BCUT2D eigenvalue weighted by atomic mass is 79.9. The second kappa shape index (κ2) is 7.60. The number of aryl methyl sites for hydroxylation is 3. The van der Waals surface area contributed by atoms with Crippen molar-refractivity contribution in [3.8, 4) is 0 Å². The molecule has 0 amide bonds. The summed E-state index contributed by atoms with van der Waals surface area (Å²) in [5.74, 6) is 1.10. The van der Waals surface area contributed by atoms with Gasteiger partial charge in [0.1, 0.15) is 5.82 Å². The highest BCUT2D eigenvalue weighted by molar-refractivity contribution is 9.10. The van der Waals surface area contributed by atoms with E-state index < -0.39 is 0 Å². The van der Waals surface area contributed by atoms with Crippen molar-refractivity contribution in [3.63, 3.8) is 0 Å². The zero-order chi connectivity index (χ0) is 16.1. The third-order valence-electron chi connectivity index (χ3n) is 4.04. The molecular weight excluding hydrogens is 348 g/mol. The largest absolute Gasteiger partial charge is 0.346 e. The molecule has 0 aliphatic carbocycles. The van der Waals surface area contributed by atoms with E-state index in [4.69, 9.17) is 4.98 Å². The second-order valence-electron chi connectivity index (χ2n) is 5.90. The lowest BCUT2D eigenvalue weighted by atomic mass is 10.1. The molecule has 3 rings (SSSR count). The minimum atomic E-state index is 0.883. The summed E-state index contributed by atoms with van der Waals surface area (Å²) in [5.41, 5.74) is 5.02. The van der Waals surface area contributed by atoms with Crippen LogP contribution >= 0.6 is 15.9 Å². The van der Waals surface area contributed by atoms with Gasteiger partial charge in [-0.05, 0) is 43.0 Å². The van der Waals surface area contributed by atoms with E-state index in [2.05, 4.69) is 82.4 Å². The number of hydrogen-bond acceptors (Lipinski definition) is 1. The topological polar surface area (TPSA) is 28.7 Å². The summed E-state index contributed by atoms with van der Waals surface area (Å²) in [6, 6.07) is 19.1. The second-order valence-corrected chi connectivity index (χ2v) is 6.81. The Bertz CT molecular complexity index is 745. The molecule has 0 spiro atoms. The monoisotopic (exact) mass is 368 g/mol. The first-order chi connectivity index (χ1) is 11.2. The molecule has 0 bridgehead atoms. The maximum Gasteiger partial charge on any atom is 0.106 e. The average Bonchev–Trinajstić information content (AvgIpc) is 2.90. The van der Waals surface area contributed by atoms with E-state index >= 15 is 0 Å². The predicted octanol–water partition coefficient (Wildman–Crippen LogP) is 5.25. The minimum Gasteiger partial charge on any atom is -0.346 e. The summed E-state index contributed by atoms with van der Waals surface area (Å²) >= 11 is 3.48. The van der Waals surface area contributed by atoms with Gasteiger partial charge in [-0.3, -0.25) is 0 Å².